The number of aromatic nitrogens is 1. The Hall–Kier alpha value is -0.590. The lowest BCUT2D eigenvalue weighted by molar-refractivity contribution is 0.786. The van der Waals surface area contributed by atoms with Crippen LogP contribution in [-0.2, 0) is 0 Å². The highest BCUT2D eigenvalue weighted by Gasteiger charge is 2.26. The number of anilines is 2. The van der Waals surface area contributed by atoms with Gasteiger partial charge in [0.05, 0.1) is 26.8 Å². The number of pyridine rings is 1. The summed E-state index contributed by atoms with van der Waals surface area (Å²) >= 11 is 8.44. The Balaban J connectivity index is 2.74. The second kappa shape index (κ2) is 5.80. The molecule has 0 aliphatic heterocycles. The number of rotatable bonds is 2. The summed E-state index contributed by atoms with van der Waals surface area (Å²) < 4.78 is 2.32. The number of nitrogens with zero attached hydrogens (tertiary/aromatic N) is 1. The topological polar surface area (TPSA) is 56.5 Å². The SMILES string of the molecule is CC(C)(C)Sc1c(S)c2cc(N)c(N)cn2c1SC(C)(C)C. The van der Waals surface area contributed by atoms with Crippen molar-refractivity contribution in [3.8, 4) is 0 Å². The number of nitrogens with two attached hydrogens (primary N) is 2. The van der Waals surface area contributed by atoms with Crippen LogP contribution < -0.4 is 11.5 Å². The summed E-state index contributed by atoms with van der Waals surface area (Å²) in [6, 6.07) is 1.91. The molecule has 0 atom stereocenters. The zero-order valence-corrected chi connectivity index (χ0v) is 16.5. The lowest BCUT2D eigenvalue weighted by atomic mass is 10.3. The lowest BCUT2D eigenvalue weighted by Gasteiger charge is -2.22. The molecule has 0 saturated carbocycles. The third kappa shape index (κ3) is 3.84. The highest BCUT2D eigenvalue weighted by atomic mass is 32.2. The summed E-state index contributed by atoms with van der Waals surface area (Å²) in [6.07, 6.45) is 1.91. The van der Waals surface area contributed by atoms with Gasteiger partial charge in [0, 0.05) is 20.6 Å². The smallest absolute Gasteiger partial charge is 0.0950 e. The van der Waals surface area contributed by atoms with Crippen LogP contribution in [0.4, 0.5) is 11.4 Å². The Morgan fingerprint density at radius 2 is 1.50 bits per heavy atom. The molecule has 0 spiro atoms. The maximum Gasteiger partial charge on any atom is 0.0950 e. The maximum absolute atomic E-state index is 6.02. The van der Waals surface area contributed by atoms with Gasteiger partial charge in [0.15, 0.2) is 0 Å². The zero-order valence-electron chi connectivity index (χ0n) is 14.0. The minimum absolute atomic E-state index is 0.0951. The molecular formula is C16H25N3S3. The molecule has 0 fully saturated rings. The third-order valence-electron chi connectivity index (χ3n) is 2.84. The quantitative estimate of drug-likeness (QED) is 0.513. The van der Waals surface area contributed by atoms with E-state index in [4.69, 9.17) is 24.1 Å². The van der Waals surface area contributed by atoms with Gasteiger partial charge < -0.3 is 15.9 Å². The monoisotopic (exact) mass is 355 g/mol. The molecular weight excluding hydrogens is 330 g/mol. The van der Waals surface area contributed by atoms with E-state index in [1.54, 1.807) is 0 Å². The molecule has 2 rings (SSSR count). The van der Waals surface area contributed by atoms with Crippen molar-refractivity contribution in [3.63, 3.8) is 0 Å². The van der Waals surface area contributed by atoms with Gasteiger partial charge in [-0.1, -0.05) is 41.5 Å². The first-order valence-corrected chi connectivity index (χ1v) is 9.27. The van der Waals surface area contributed by atoms with Crippen LogP contribution in [0.25, 0.3) is 5.52 Å². The Morgan fingerprint density at radius 3 is 2.00 bits per heavy atom. The first kappa shape index (κ1) is 17.8. The minimum Gasteiger partial charge on any atom is -0.397 e. The van der Waals surface area contributed by atoms with E-state index in [0.717, 1.165) is 10.4 Å². The molecule has 0 amide bonds. The molecule has 6 heteroatoms. The number of hydrogen-bond acceptors (Lipinski definition) is 5. The van der Waals surface area contributed by atoms with E-state index < -0.39 is 0 Å². The van der Waals surface area contributed by atoms with Crippen LogP contribution in [0.15, 0.2) is 27.1 Å². The molecule has 0 unspecified atom stereocenters. The van der Waals surface area contributed by atoms with Crippen molar-refractivity contribution in [1.29, 1.82) is 0 Å². The fourth-order valence-electron chi connectivity index (χ4n) is 2.04. The number of thiol groups is 1. The highest BCUT2D eigenvalue weighted by Crippen LogP contribution is 2.48. The molecule has 2 aromatic rings. The zero-order chi connectivity index (χ0) is 16.9. The van der Waals surface area contributed by atoms with Crippen LogP contribution >= 0.6 is 36.2 Å². The van der Waals surface area contributed by atoms with Gasteiger partial charge in [0.1, 0.15) is 0 Å². The molecule has 122 valence electrons. The van der Waals surface area contributed by atoms with Gasteiger partial charge in [0.2, 0.25) is 0 Å². The van der Waals surface area contributed by atoms with Crippen molar-refractivity contribution in [3.05, 3.63) is 12.3 Å². The molecule has 2 heterocycles. The second-order valence-electron chi connectivity index (χ2n) is 7.35. The van der Waals surface area contributed by atoms with E-state index in [9.17, 15) is 0 Å². The number of fused-ring (bicyclic) bond motifs is 1. The van der Waals surface area contributed by atoms with Crippen LogP contribution in [0.3, 0.4) is 0 Å². The third-order valence-corrected chi connectivity index (χ3v) is 5.99. The van der Waals surface area contributed by atoms with Gasteiger partial charge >= 0.3 is 0 Å². The normalized spacial score (nSPS) is 13.0. The van der Waals surface area contributed by atoms with E-state index in [1.807, 2.05) is 35.8 Å². The van der Waals surface area contributed by atoms with E-state index in [0.29, 0.717) is 11.4 Å². The number of thioether (sulfide) groups is 2. The minimum atomic E-state index is 0.0951. The summed E-state index contributed by atoms with van der Waals surface area (Å²) in [4.78, 5) is 2.17. The lowest BCUT2D eigenvalue weighted by Crippen LogP contribution is -2.10. The predicted molar refractivity (Wildman–Crippen MR) is 105 cm³/mol. The Labute approximate surface area is 147 Å². The molecule has 0 bridgehead atoms. The molecule has 0 saturated heterocycles. The van der Waals surface area contributed by atoms with Gasteiger partial charge in [0.25, 0.3) is 0 Å². The van der Waals surface area contributed by atoms with Crippen molar-refractivity contribution in [1.82, 2.24) is 4.40 Å². The van der Waals surface area contributed by atoms with Crippen LogP contribution in [0.1, 0.15) is 41.5 Å². The van der Waals surface area contributed by atoms with E-state index >= 15 is 0 Å². The van der Waals surface area contributed by atoms with E-state index in [2.05, 4.69) is 45.9 Å². The van der Waals surface area contributed by atoms with Crippen molar-refractivity contribution in [2.45, 2.75) is 65.9 Å². The molecule has 2 aromatic heterocycles. The predicted octanol–water partition coefficient (Wildman–Crippen LogP) is 5.17. The van der Waals surface area contributed by atoms with Crippen molar-refractivity contribution in [2.24, 2.45) is 0 Å². The Kier molecular flexibility index (Phi) is 4.68. The standard InChI is InChI=1S/C16H25N3S3/c1-15(2,3)21-13-12(20)11-7-9(17)10(18)8-19(11)14(13)22-16(4,5)6/h7-8,20H,17-18H2,1-6H3. The van der Waals surface area contributed by atoms with Gasteiger partial charge in [-0.05, 0) is 6.07 Å². The van der Waals surface area contributed by atoms with Crippen LogP contribution in [0, 0.1) is 0 Å². The fourth-order valence-corrected chi connectivity index (χ4v) is 4.81. The van der Waals surface area contributed by atoms with E-state index in [-0.39, 0.29) is 9.49 Å². The first-order valence-electron chi connectivity index (χ1n) is 7.19. The Morgan fingerprint density at radius 1 is 0.955 bits per heavy atom. The second-order valence-corrected chi connectivity index (χ2v) is 11.5. The highest BCUT2D eigenvalue weighted by molar-refractivity contribution is 8.03. The number of nitrogen functional groups attached to an aromatic ring is 2. The molecule has 0 aromatic carbocycles. The summed E-state index contributed by atoms with van der Waals surface area (Å²) in [5, 5.41) is 1.18. The van der Waals surface area contributed by atoms with Gasteiger partial charge in [-0.25, -0.2) is 0 Å². The van der Waals surface area contributed by atoms with Gasteiger partial charge in [-0.3, -0.25) is 0 Å². The summed E-state index contributed by atoms with van der Waals surface area (Å²) in [7, 11) is 0. The van der Waals surface area contributed by atoms with Gasteiger partial charge in [-0.2, -0.15) is 0 Å². The van der Waals surface area contributed by atoms with Crippen LogP contribution in [0.2, 0.25) is 0 Å². The first-order chi connectivity index (χ1) is 9.89. The molecule has 0 aliphatic rings. The average Bonchev–Trinajstić information content (AvgIpc) is 2.52. The van der Waals surface area contributed by atoms with Crippen molar-refractivity contribution in [2.75, 3.05) is 11.5 Å². The maximum atomic E-state index is 6.02. The van der Waals surface area contributed by atoms with Crippen LogP contribution in [-0.4, -0.2) is 13.9 Å². The van der Waals surface area contributed by atoms with Crippen molar-refractivity contribution < 1.29 is 0 Å². The Bertz CT molecular complexity index is 706. The van der Waals surface area contributed by atoms with Crippen LogP contribution in [0.5, 0.6) is 0 Å². The molecule has 0 aliphatic carbocycles. The summed E-state index contributed by atoms with van der Waals surface area (Å²) in [5.41, 5.74) is 14.2. The molecule has 22 heavy (non-hydrogen) atoms. The fraction of sp³-hybridized carbons (Fsp3) is 0.500. The summed E-state index contributed by atoms with van der Waals surface area (Å²) in [5.74, 6) is 0. The molecule has 0 radical (unpaired) electrons. The van der Waals surface area contributed by atoms with Crippen molar-refractivity contribution >= 4 is 53.0 Å². The average molecular weight is 356 g/mol. The summed E-state index contributed by atoms with van der Waals surface area (Å²) in [6.45, 7) is 13.3. The van der Waals surface area contributed by atoms with E-state index in [1.165, 1.54) is 9.92 Å². The molecule has 3 nitrogen and oxygen atoms in total. The molecule has 4 N–H and O–H groups in total. The number of hydrogen-bond donors (Lipinski definition) is 3. The van der Waals surface area contributed by atoms with Gasteiger partial charge in [-0.15, -0.1) is 36.2 Å². The largest absolute Gasteiger partial charge is 0.397 e.